The average Bonchev–Trinajstić information content (AvgIpc) is 2.08. The number of hydrogen-bond donors (Lipinski definition) is 0. The Bertz CT molecular complexity index is 310. The van der Waals surface area contributed by atoms with Crippen molar-refractivity contribution in [3.8, 4) is 0 Å². The Balaban J connectivity index is 2.89. The van der Waals surface area contributed by atoms with E-state index in [2.05, 4.69) is 29.8 Å². The minimum atomic E-state index is 0.426. The predicted octanol–water partition coefficient (Wildman–Crippen LogP) is 5.27. The zero-order chi connectivity index (χ0) is 10.7. The molecular formula is C11H13BrCl2. The van der Waals surface area contributed by atoms with Crippen molar-refractivity contribution in [2.24, 2.45) is 0 Å². The van der Waals surface area contributed by atoms with E-state index < -0.39 is 0 Å². The van der Waals surface area contributed by atoms with Crippen LogP contribution in [0.1, 0.15) is 31.7 Å². The minimum Gasteiger partial charge on any atom is -0.0893 e. The fourth-order valence-corrected chi connectivity index (χ4v) is 2.57. The Morgan fingerprint density at radius 3 is 2.50 bits per heavy atom. The van der Waals surface area contributed by atoms with Gasteiger partial charge in [-0.1, -0.05) is 65.1 Å². The summed E-state index contributed by atoms with van der Waals surface area (Å²) >= 11 is 15.6. The van der Waals surface area contributed by atoms with E-state index in [0.717, 1.165) is 12.0 Å². The molecule has 0 saturated heterocycles. The van der Waals surface area contributed by atoms with E-state index in [1.54, 1.807) is 0 Å². The second kappa shape index (κ2) is 5.39. The summed E-state index contributed by atoms with van der Waals surface area (Å²) in [6.07, 6.45) is 1.06. The lowest BCUT2D eigenvalue weighted by Crippen LogP contribution is -2.01. The fraction of sp³-hybridized carbons (Fsp3) is 0.455. The lowest BCUT2D eigenvalue weighted by Gasteiger charge is -2.15. The van der Waals surface area contributed by atoms with Crippen LogP contribution in [0, 0.1) is 0 Å². The third kappa shape index (κ3) is 3.15. The van der Waals surface area contributed by atoms with E-state index in [0.29, 0.717) is 20.8 Å². The minimum absolute atomic E-state index is 0.426. The molecule has 3 heteroatoms. The van der Waals surface area contributed by atoms with E-state index in [1.807, 2.05) is 18.2 Å². The van der Waals surface area contributed by atoms with Crippen molar-refractivity contribution in [1.29, 1.82) is 0 Å². The van der Waals surface area contributed by atoms with E-state index in [1.165, 1.54) is 0 Å². The number of hydrogen-bond acceptors (Lipinski definition) is 0. The van der Waals surface area contributed by atoms with Crippen molar-refractivity contribution < 1.29 is 0 Å². The summed E-state index contributed by atoms with van der Waals surface area (Å²) in [5, 5.41) is 1.33. The normalized spacial score (nSPS) is 15.2. The summed E-state index contributed by atoms with van der Waals surface area (Å²) in [7, 11) is 0. The van der Waals surface area contributed by atoms with Crippen LogP contribution in [0.4, 0.5) is 0 Å². The van der Waals surface area contributed by atoms with Crippen LogP contribution < -0.4 is 0 Å². The van der Waals surface area contributed by atoms with Crippen LogP contribution in [0.5, 0.6) is 0 Å². The van der Waals surface area contributed by atoms with Crippen LogP contribution in [0.15, 0.2) is 18.2 Å². The first-order valence-electron chi connectivity index (χ1n) is 4.60. The summed E-state index contributed by atoms with van der Waals surface area (Å²) in [4.78, 5) is 0.493. The van der Waals surface area contributed by atoms with Crippen LogP contribution >= 0.6 is 39.1 Å². The van der Waals surface area contributed by atoms with Gasteiger partial charge < -0.3 is 0 Å². The number of halogens is 3. The Hall–Kier alpha value is 0.280. The molecule has 0 bridgehead atoms. The van der Waals surface area contributed by atoms with Gasteiger partial charge in [-0.15, -0.1) is 0 Å². The molecule has 1 rings (SSSR count). The maximum atomic E-state index is 6.12. The summed E-state index contributed by atoms with van der Waals surface area (Å²) < 4.78 is 0. The van der Waals surface area contributed by atoms with Gasteiger partial charge >= 0.3 is 0 Å². The largest absolute Gasteiger partial charge is 0.0893 e. The first-order chi connectivity index (χ1) is 6.52. The van der Waals surface area contributed by atoms with Crippen LogP contribution in [0.2, 0.25) is 10.0 Å². The highest BCUT2D eigenvalue weighted by molar-refractivity contribution is 9.09. The Labute approximate surface area is 104 Å². The molecule has 0 heterocycles. The number of alkyl halides is 1. The molecule has 1 aromatic carbocycles. The quantitative estimate of drug-likeness (QED) is 0.666. The van der Waals surface area contributed by atoms with E-state index in [9.17, 15) is 0 Å². The average molecular weight is 296 g/mol. The first kappa shape index (κ1) is 12.4. The molecule has 0 aliphatic carbocycles. The van der Waals surface area contributed by atoms with Crippen LogP contribution in [0.3, 0.4) is 0 Å². The van der Waals surface area contributed by atoms with Gasteiger partial charge in [0.1, 0.15) is 0 Å². The molecule has 2 atom stereocenters. The molecule has 78 valence electrons. The Kier molecular flexibility index (Phi) is 4.75. The zero-order valence-electron chi connectivity index (χ0n) is 8.23. The molecule has 2 unspecified atom stereocenters. The van der Waals surface area contributed by atoms with Gasteiger partial charge in [-0.25, -0.2) is 0 Å². The van der Waals surface area contributed by atoms with Crippen LogP contribution in [-0.2, 0) is 0 Å². The molecule has 0 saturated carbocycles. The van der Waals surface area contributed by atoms with Crippen molar-refractivity contribution in [3.05, 3.63) is 33.8 Å². The smallest absolute Gasteiger partial charge is 0.0626 e. The molecule has 0 N–H and O–H groups in total. The van der Waals surface area contributed by atoms with E-state index in [-0.39, 0.29) is 0 Å². The Morgan fingerprint density at radius 2 is 1.93 bits per heavy atom. The van der Waals surface area contributed by atoms with Gasteiger partial charge in [0.05, 0.1) is 10.0 Å². The summed E-state index contributed by atoms with van der Waals surface area (Å²) in [5.41, 5.74) is 1.13. The maximum Gasteiger partial charge on any atom is 0.0626 e. The molecule has 0 amide bonds. The SMILES string of the molecule is CC(Br)CC(C)c1cccc(Cl)c1Cl. The third-order valence-electron chi connectivity index (χ3n) is 2.19. The van der Waals surface area contributed by atoms with Crippen LogP contribution in [-0.4, -0.2) is 4.83 Å². The Morgan fingerprint density at radius 1 is 1.29 bits per heavy atom. The van der Waals surface area contributed by atoms with Gasteiger partial charge in [0.2, 0.25) is 0 Å². The molecule has 1 aromatic rings. The molecule has 0 aromatic heterocycles. The topological polar surface area (TPSA) is 0 Å². The lowest BCUT2D eigenvalue weighted by molar-refractivity contribution is 0.682. The van der Waals surface area contributed by atoms with E-state index >= 15 is 0 Å². The second-order valence-electron chi connectivity index (χ2n) is 3.56. The van der Waals surface area contributed by atoms with Crippen molar-refractivity contribution in [2.75, 3.05) is 0 Å². The third-order valence-corrected chi connectivity index (χ3v) is 3.40. The lowest BCUT2D eigenvalue weighted by atomic mass is 9.96. The highest BCUT2D eigenvalue weighted by Gasteiger charge is 2.13. The predicted molar refractivity (Wildman–Crippen MR) is 67.9 cm³/mol. The van der Waals surface area contributed by atoms with E-state index in [4.69, 9.17) is 23.2 Å². The van der Waals surface area contributed by atoms with Crippen molar-refractivity contribution >= 4 is 39.1 Å². The van der Waals surface area contributed by atoms with Crippen molar-refractivity contribution in [3.63, 3.8) is 0 Å². The number of benzene rings is 1. The first-order valence-corrected chi connectivity index (χ1v) is 6.27. The van der Waals surface area contributed by atoms with Crippen LogP contribution in [0.25, 0.3) is 0 Å². The molecule has 14 heavy (non-hydrogen) atoms. The van der Waals surface area contributed by atoms with Gasteiger partial charge in [0, 0.05) is 4.83 Å². The second-order valence-corrected chi connectivity index (χ2v) is 5.91. The molecule has 0 spiro atoms. The molecule has 0 nitrogen and oxygen atoms in total. The molecule has 0 radical (unpaired) electrons. The summed E-state index contributed by atoms with van der Waals surface area (Å²) in [6.45, 7) is 4.30. The molecule has 0 aliphatic heterocycles. The fourth-order valence-electron chi connectivity index (χ4n) is 1.52. The number of rotatable bonds is 3. The zero-order valence-corrected chi connectivity index (χ0v) is 11.3. The highest BCUT2D eigenvalue weighted by Crippen LogP contribution is 2.33. The molecular weight excluding hydrogens is 283 g/mol. The standard InChI is InChI=1S/C11H13BrCl2/c1-7(6-8(2)12)9-4-3-5-10(13)11(9)14/h3-5,7-8H,6H2,1-2H3. The maximum absolute atomic E-state index is 6.12. The van der Waals surface area contributed by atoms with Crippen molar-refractivity contribution in [2.45, 2.75) is 31.0 Å². The van der Waals surface area contributed by atoms with Crippen molar-refractivity contribution in [1.82, 2.24) is 0 Å². The van der Waals surface area contributed by atoms with Gasteiger partial charge in [-0.3, -0.25) is 0 Å². The van der Waals surface area contributed by atoms with Gasteiger partial charge in [0.15, 0.2) is 0 Å². The summed E-state index contributed by atoms with van der Waals surface area (Å²) in [6, 6.07) is 5.80. The highest BCUT2D eigenvalue weighted by atomic mass is 79.9. The van der Waals surface area contributed by atoms with Gasteiger partial charge in [-0.2, -0.15) is 0 Å². The molecule has 0 aliphatic rings. The summed E-state index contributed by atoms with van der Waals surface area (Å²) in [5.74, 6) is 0.426. The van der Waals surface area contributed by atoms with Gasteiger partial charge in [-0.05, 0) is 24.0 Å². The van der Waals surface area contributed by atoms with Gasteiger partial charge in [0.25, 0.3) is 0 Å². The monoisotopic (exact) mass is 294 g/mol. The molecule has 0 fully saturated rings.